The van der Waals surface area contributed by atoms with Crippen molar-refractivity contribution in [2.45, 2.75) is 20.5 Å². The van der Waals surface area contributed by atoms with Gasteiger partial charge in [-0.15, -0.1) is 5.10 Å². The van der Waals surface area contributed by atoms with Crippen molar-refractivity contribution in [1.82, 2.24) is 30.7 Å². The minimum Gasteiger partial charge on any atom is -0.490 e. The van der Waals surface area contributed by atoms with Gasteiger partial charge in [-0.25, -0.2) is 10.1 Å². The predicted octanol–water partition coefficient (Wildman–Crippen LogP) is 3.70. The molecule has 2 aromatic carbocycles. The number of nitrogen functional groups attached to an aromatic ring is 1. The fraction of sp³-hybridized carbons (Fsp3) is 0.182. The first kappa shape index (κ1) is 25.1. The lowest BCUT2D eigenvalue weighted by Crippen LogP contribution is -2.22. The lowest BCUT2D eigenvalue weighted by molar-refractivity contribution is 0.0946. The Balaban J connectivity index is 1.50. The van der Waals surface area contributed by atoms with Gasteiger partial charge in [-0.1, -0.05) is 28.9 Å². The number of rotatable bonds is 9. The molecule has 0 aliphatic carbocycles. The SMILES string of the molecule is CCOc1cc(/C=N/NC(=O)c2c(C)nnn2-c2nonc2N)cc(Br)c1OCc1cccc(Cl)c1. The second kappa shape index (κ2) is 11.2. The number of hydrazone groups is 1. The average Bonchev–Trinajstić information content (AvgIpc) is 3.43. The molecule has 0 saturated heterocycles. The summed E-state index contributed by atoms with van der Waals surface area (Å²) in [6.45, 7) is 4.20. The smallest absolute Gasteiger partial charge is 0.292 e. The molecule has 0 aliphatic rings. The maximum atomic E-state index is 12.8. The largest absolute Gasteiger partial charge is 0.490 e. The minimum atomic E-state index is -0.582. The molecule has 0 aliphatic heterocycles. The zero-order chi connectivity index (χ0) is 25.7. The van der Waals surface area contributed by atoms with E-state index in [-0.39, 0.29) is 17.3 Å². The molecule has 0 saturated carbocycles. The number of carbonyl (C=O) groups is 1. The molecule has 186 valence electrons. The van der Waals surface area contributed by atoms with Crippen LogP contribution in [0.3, 0.4) is 0 Å². The maximum absolute atomic E-state index is 12.8. The van der Waals surface area contributed by atoms with E-state index in [2.05, 4.69) is 51.7 Å². The summed E-state index contributed by atoms with van der Waals surface area (Å²) in [5.74, 6) is 0.463. The lowest BCUT2D eigenvalue weighted by Gasteiger charge is -2.15. The molecule has 36 heavy (non-hydrogen) atoms. The summed E-state index contributed by atoms with van der Waals surface area (Å²) in [7, 11) is 0. The second-order valence-electron chi connectivity index (χ2n) is 7.29. The summed E-state index contributed by atoms with van der Waals surface area (Å²) in [6, 6.07) is 10.9. The van der Waals surface area contributed by atoms with Crippen LogP contribution < -0.4 is 20.6 Å². The van der Waals surface area contributed by atoms with Gasteiger partial charge in [-0.3, -0.25) is 4.79 Å². The number of aromatic nitrogens is 5. The second-order valence-corrected chi connectivity index (χ2v) is 8.58. The molecule has 3 N–H and O–H groups in total. The molecule has 0 radical (unpaired) electrons. The quantitative estimate of drug-likeness (QED) is 0.224. The van der Waals surface area contributed by atoms with Gasteiger partial charge in [-0.2, -0.15) is 9.78 Å². The van der Waals surface area contributed by atoms with E-state index in [1.165, 1.54) is 6.21 Å². The number of nitrogens with two attached hydrogens (primary N) is 1. The summed E-state index contributed by atoms with van der Waals surface area (Å²) in [5, 5.41) is 19.6. The topological polar surface area (TPSA) is 156 Å². The Bertz CT molecular complexity index is 1420. The van der Waals surface area contributed by atoms with E-state index in [1.54, 1.807) is 25.1 Å². The third-order valence-electron chi connectivity index (χ3n) is 4.73. The zero-order valence-corrected chi connectivity index (χ0v) is 21.4. The number of aryl methyl sites for hydroxylation is 1. The van der Waals surface area contributed by atoms with Gasteiger partial charge in [0.15, 0.2) is 17.2 Å². The van der Waals surface area contributed by atoms with Crippen LogP contribution >= 0.6 is 27.5 Å². The number of halogens is 2. The van der Waals surface area contributed by atoms with Crippen LogP contribution in [0, 0.1) is 6.92 Å². The summed E-state index contributed by atoms with van der Waals surface area (Å²) in [4.78, 5) is 12.8. The van der Waals surface area contributed by atoms with Gasteiger partial charge in [0, 0.05) is 5.02 Å². The first-order valence-electron chi connectivity index (χ1n) is 10.5. The highest BCUT2D eigenvalue weighted by Gasteiger charge is 2.22. The highest BCUT2D eigenvalue weighted by molar-refractivity contribution is 9.10. The van der Waals surface area contributed by atoms with Crippen LogP contribution in [0.1, 0.15) is 34.2 Å². The number of benzene rings is 2. The molecular formula is C22H20BrClN8O4. The van der Waals surface area contributed by atoms with Gasteiger partial charge in [0.25, 0.3) is 5.91 Å². The predicted molar refractivity (Wildman–Crippen MR) is 135 cm³/mol. The van der Waals surface area contributed by atoms with Crippen LogP contribution in [-0.2, 0) is 6.61 Å². The van der Waals surface area contributed by atoms with E-state index in [4.69, 9.17) is 26.8 Å². The third kappa shape index (κ3) is 5.63. The Kier molecular flexibility index (Phi) is 7.80. The van der Waals surface area contributed by atoms with Crippen molar-refractivity contribution in [3.63, 3.8) is 0 Å². The number of amides is 1. The Morgan fingerprint density at radius 1 is 1.31 bits per heavy atom. The molecule has 12 nitrogen and oxygen atoms in total. The Morgan fingerprint density at radius 2 is 2.14 bits per heavy atom. The molecule has 0 bridgehead atoms. The number of ether oxygens (including phenoxy) is 2. The highest BCUT2D eigenvalue weighted by Crippen LogP contribution is 2.37. The van der Waals surface area contributed by atoms with E-state index >= 15 is 0 Å². The average molecular weight is 576 g/mol. The molecule has 0 atom stereocenters. The van der Waals surface area contributed by atoms with Crippen LogP contribution in [-0.4, -0.2) is 44.0 Å². The number of hydrogen-bond acceptors (Lipinski definition) is 10. The first-order chi connectivity index (χ1) is 17.4. The molecule has 4 aromatic rings. The first-order valence-corrected chi connectivity index (χ1v) is 11.7. The van der Waals surface area contributed by atoms with E-state index in [0.717, 1.165) is 10.2 Å². The van der Waals surface area contributed by atoms with Crippen LogP contribution in [0.25, 0.3) is 5.82 Å². The van der Waals surface area contributed by atoms with Crippen molar-refractivity contribution in [3.05, 3.63) is 68.4 Å². The molecular weight excluding hydrogens is 556 g/mol. The molecule has 0 spiro atoms. The van der Waals surface area contributed by atoms with Gasteiger partial charge in [0.2, 0.25) is 11.6 Å². The van der Waals surface area contributed by atoms with E-state index in [0.29, 0.717) is 45.5 Å². The molecule has 0 unspecified atom stereocenters. The number of carbonyl (C=O) groups excluding carboxylic acids is 1. The Labute approximate surface area is 218 Å². The maximum Gasteiger partial charge on any atom is 0.292 e. The molecule has 2 aromatic heterocycles. The number of hydrogen-bond donors (Lipinski definition) is 2. The Morgan fingerprint density at radius 3 is 2.86 bits per heavy atom. The summed E-state index contributed by atoms with van der Waals surface area (Å²) >= 11 is 9.58. The van der Waals surface area contributed by atoms with Crippen LogP contribution in [0.5, 0.6) is 11.5 Å². The van der Waals surface area contributed by atoms with Crippen molar-refractivity contribution in [2.24, 2.45) is 5.10 Å². The van der Waals surface area contributed by atoms with Crippen molar-refractivity contribution in [2.75, 3.05) is 12.3 Å². The Hall–Kier alpha value is -3.97. The van der Waals surface area contributed by atoms with Crippen molar-refractivity contribution < 1.29 is 18.9 Å². The van der Waals surface area contributed by atoms with Crippen LogP contribution in [0.2, 0.25) is 5.02 Å². The molecule has 4 rings (SSSR count). The van der Waals surface area contributed by atoms with Crippen molar-refractivity contribution in [3.8, 4) is 17.3 Å². The summed E-state index contributed by atoms with van der Waals surface area (Å²) < 4.78 is 18.1. The summed E-state index contributed by atoms with van der Waals surface area (Å²) in [5.41, 5.74) is 10.1. The van der Waals surface area contributed by atoms with Gasteiger partial charge in [0.05, 0.1) is 23.0 Å². The molecule has 2 heterocycles. The number of anilines is 1. The normalized spacial score (nSPS) is 11.1. The molecule has 14 heteroatoms. The van der Waals surface area contributed by atoms with Gasteiger partial charge in [0.1, 0.15) is 6.61 Å². The highest BCUT2D eigenvalue weighted by atomic mass is 79.9. The van der Waals surface area contributed by atoms with Gasteiger partial charge < -0.3 is 15.2 Å². The number of nitrogens with zero attached hydrogens (tertiary/aromatic N) is 6. The minimum absolute atomic E-state index is 0.0385. The fourth-order valence-corrected chi connectivity index (χ4v) is 3.96. The van der Waals surface area contributed by atoms with Gasteiger partial charge >= 0.3 is 0 Å². The van der Waals surface area contributed by atoms with Crippen LogP contribution in [0.4, 0.5) is 5.82 Å². The standard InChI is InChI=1S/C22H20BrClN8O4/c1-3-34-17-9-14(8-16(23)19(17)35-11-13-5-4-6-15(24)7-13)10-26-28-22(33)18-12(2)27-31-32(18)21-20(25)29-36-30-21/h4-10H,3,11H2,1-2H3,(H2,25,29)(H,28,33)/b26-10+. The summed E-state index contributed by atoms with van der Waals surface area (Å²) in [6.07, 6.45) is 1.46. The third-order valence-corrected chi connectivity index (χ3v) is 5.56. The van der Waals surface area contributed by atoms with E-state index in [1.807, 2.05) is 25.1 Å². The fourth-order valence-electron chi connectivity index (χ4n) is 3.17. The van der Waals surface area contributed by atoms with Crippen molar-refractivity contribution in [1.29, 1.82) is 0 Å². The van der Waals surface area contributed by atoms with Gasteiger partial charge in [-0.05, 0) is 75.5 Å². The zero-order valence-electron chi connectivity index (χ0n) is 19.1. The van der Waals surface area contributed by atoms with Crippen LogP contribution in [0.15, 0.2) is 50.6 Å². The van der Waals surface area contributed by atoms with Crippen molar-refractivity contribution >= 4 is 45.5 Å². The number of nitrogens with one attached hydrogen (secondary N) is 1. The van der Waals surface area contributed by atoms with E-state index in [9.17, 15) is 4.79 Å². The monoisotopic (exact) mass is 574 g/mol. The molecule has 0 fully saturated rings. The van der Waals surface area contributed by atoms with E-state index < -0.39 is 5.91 Å². The lowest BCUT2D eigenvalue weighted by atomic mass is 10.2. The molecule has 1 amide bonds.